The zero-order valence-electron chi connectivity index (χ0n) is 16.8. The largest absolute Gasteiger partial charge is 0.339 e. The number of carbonyl (C=O) groups excluding carboxylic acids is 1. The van der Waals surface area contributed by atoms with Crippen molar-refractivity contribution in [3.63, 3.8) is 0 Å². The van der Waals surface area contributed by atoms with Gasteiger partial charge in [-0.2, -0.15) is 10.2 Å². The Hall–Kier alpha value is -1.53. The highest BCUT2D eigenvalue weighted by molar-refractivity contribution is 5.95. The number of piperidine rings is 1. The van der Waals surface area contributed by atoms with Crippen LogP contribution < -0.4 is 0 Å². The topological polar surface area (TPSA) is 52.6 Å². The van der Waals surface area contributed by atoms with Gasteiger partial charge < -0.3 is 14.7 Å². The van der Waals surface area contributed by atoms with Gasteiger partial charge in [-0.1, -0.05) is 13.8 Å². The molecule has 0 atom stereocenters. The van der Waals surface area contributed by atoms with Gasteiger partial charge in [-0.25, -0.2) is 0 Å². The third kappa shape index (κ3) is 4.41. The predicted octanol–water partition coefficient (Wildman–Crippen LogP) is 1.84. The van der Waals surface area contributed by atoms with Gasteiger partial charge in [0.1, 0.15) is 0 Å². The quantitative estimate of drug-likeness (QED) is 0.821. The number of carbonyl (C=O) groups is 1. The minimum absolute atomic E-state index is 0.126. The van der Waals surface area contributed by atoms with E-state index in [1.807, 2.05) is 24.8 Å². The Morgan fingerprint density at radius 1 is 1.12 bits per heavy atom. The first kappa shape index (κ1) is 19.2. The van der Waals surface area contributed by atoms with E-state index in [2.05, 4.69) is 34.0 Å². The van der Waals surface area contributed by atoms with Crippen molar-refractivity contribution in [2.75, 3.05) is 52.9 Å². The van der Waals surface area contributed by atoms with Crippen molar-refractivity contribution < 1.29 is 4.79 Å². The number of nitrogens with zero attached hydrogens (tertiary/aromatic N) is 5. The van der Waals surface area contributed by atoms with Crippen molar-refractivity contribution in [3.8, 4) is 0 Å². The van der Waals surface area contributed by atoms with E-state index in [-0.39, 0.29) is 5.91 Å². The summed E-state index contributed by atoms with van der Waals surface area (Å²) in [5.41, 5.74) is 2.67. The molecule has 2 fully saturated rings. The number of hydrogen-bond acceptors (Lipinski definition) is 5. The Balaban J connectivity index is 1.59. The van der Waals surface area contributed by atoms with Crippen molar-refractivity contribution in [1.29, 1.82) is 0 Å². The average molecular weight is 360 g/mol. The fourth-order valence-electron chi connectivity index (χ4n) is 4.08. The molecule has 1 aromatic heterocycles. The molecule has 0 radical (unpaired) electrons. The number of piperazine rings is 1. The van der Waals surface area contributed by atoms with Gasteiger partial charge in [0.2, 0.25) is 0 Å². The van der Waals surface area contributed by atoms with Crippen LogP contribution in [0.25, 0.3) is 0 Å². The zero-order chi connectivity index (χ0) is 18.7. The lowest BCUT2D eigenvalue weighted by atomic mass is 9.79. The van der Waals surface area contributed by atoms with Crippen LogP contribution in [0.3, 0.4) is 0 Å². The van der Waals surface area contributed by atoms with Crippen molar-refractivity contribution in [3.05, 3.63) is 23.0 Å². The van der Waals surface area contributed by atoms with E-state index in [0.29, 0.717) is 5.41 Å². The lowest BCUT2D eigenvalue weighted by Crippen LogP contribution is -2.51. The average Bonchev–Trinajstić information content (AvgIpc) is 2.63. The van der Waals surface area contributed by atoms with Crippen LogP contribution in [0.15, 0.2) is 6.07 Å². The van der Waals surface area contributed by atoms with E-state index in [1.165, 1.54) is 0 Å². The maximum absolute atomic E-state index is 13.0. The molecule has 6 nitrogen and oxygen atoms in total. The molecule has 3 heterocycles. The monoisotopic (exact) mass is 359 g/mol. The summed E-state index contributed by atoms with van der Waals surface area (Å²) in [5.74, 6) is 0.126. The summed E-state index contributed by atoms with van der Waals surface area (Å²) in [4.78, 5) is 20.0. The molecule has 0 unspecified atom stereocenters. The Morgan fingerprint density at radius 3 is 2.38 bits per heavy atom. The number of aryl methyl sites for hydroxylation is 2. The van der Waals surface area contributed by atoms with Gasteiger partial charge in [-0.05, 0) is 44.7 Å². The van der Waals surface area contributed by atoms with Crippen molar-refractivity contribution in [2.24, 2.45) is 5.41 Å². The Kier molecular flexibility index (Phi) is 5.92. The van der Waals surface area contributed by atoms with E-state index in [0.717, 1.165) is 82.0 Å². The van der Waals surface area contributed by atoms with Gasteiger partial charge >= 0.3 is 0 Å². The van der Waals surface area contributed by atoms with E-state index in [1.54, 1.807) is 0 Å². The molecule has 0 saturated carbocycles. The maximum atomic E-state index is 13.0. The van der Waals surface area contributed by atoms with Crippen molar-refractivity contribution in [2.45, 2.75) is 40.0 Å². The molecule has 2 saturated heterocycles. The zero-order valence-corrected chi connectivity index (χ0v) is 16.8. The smallest absolute Gasteiger partial charge is 0.255 e. The lowest BCUT2D eigenvalue weighted by Gasteiger charge is -2.44. The SMILES string of the molecule is CCc1nnc(C)cc1C(=O)N1CCC(C)(CN2CCN(C)CC2)CC1. The van der Waals surface area contributed by atoms with E-state index < -0.39 is 0 Å². The third-order valence-corrected chi connectivity index (χ3v) is 6.02. The second-order valence-corrected chi connectivity index (χ2v) is 8.38. The van der Waals surface area contributed by atoms with Crippen LogP contribution in [0.2, 0.25) is 0 Å². The molecule has 1 amide bonds. The first-order valence-corrected chi connectivity index (χ1v) is 9.93. The molecule has 0 spiro atoms. The highest BCUT2D eigenvalue weighted by Gasteiger charge is 2.34. The molecule has 26 heavy (non-hydrogen) atoms. The first-order valence-electron chi connectivity index (χ1n) is 9.93. The van der Waals surface area contributed by atoms with Gasteiger partial charge in [0, 0.05) is 45.8 Å². The van der Waals surface area contributed by atoms with Crippen LogP contribution in [0.4, 0.5) is 0 Å². The van der Waals surface area contributed by atoms with Crippen molar-refractivity contribution >= 4 is 5.91 Å². The summed E-state index contributed by atoms with van der Waals surface area (Å²) in [6.45, 7) is 13.8. The van der Waals surface area contributed by atoms with Gasteiger partial charge in [0.25, 0.3) is 5.91 Å². The van der Waals surface area contributed by atoms with Crippen LogP contribution in [0.1, 0.15) is 48.4 Å². The lowest BCUT2D eigenvalue weighted by molar-refractivity contribution is 0.0431. The number of amides is 1. The van der Waals surface area contributed by atoms with Crippen LogP contribution in [0.5, 0.6) is 0 Å². The molecule has 2 aliphatic rings. The Labute approximate surface area is 157 Å². The first-order chi connectivity index (χ1) is 12.4. The normalized spacial score (nSPS) is 21.8. The van der Waals surface area contributed by atoms with Gasteiger partial charge in [0.15, 0.2) is 0 Å². The Morgan fingerprint density at radius 2 is 1.77 bits per heavy atom. The highest BCUT2D eigenvalue weighted by atomic mass is 16.2. The number of hydrogen-bond donors (Lipinski definition) is 0. The van der Waals surface area contributed by atoms with Gasteiger partial charge in [0.05, 0.1) is 17.0 Å². The number of aromatic nitrogens is 2. The molecular formula is C20H33N5O. The third-order valence-electron chi connectivity index (χ3n) is 6.02. The number of rotatable bonds is 4. The van der Waals surface area contributed by atoms with Crippen LogP contribution >= 0.6 is 0 Å². The molecule has 0 N–H and O–H groups in total. The van der Waals surface area contributed by atoms with Crippen LogP contribution in [0, 0.1) is 12.3 Å². The molecule has 2 aliphatic heterocycles. The Bertz CT molecular complexity index is 631. The standard InChI is InChI=1S/C20H33N5O/c1-5-18-17(14-16(2)21-22-18)19(26)25-8-6-20(3,7-9-25)15-24-12-10-23(4)11-13-24/h14H,5-13,15H2,1-4H3. The molecule has 3 rings (SSSR count). The minimum atomic E-state index is 0.126. The van der Waals surface area contributed by atoms with Gasteiger partial charge in [-0.3, -0.25) is 4.79 Å². The highest BCUT2D eigenvalue weighted by Crippen LogP contribution is 2.33. The molecule has 0 aliphatic carbocycles. The van der Waals surface area contributed by atoms with E-state index >= 15 is 0 Å². The van der Waals surface area contributed by atoms with E-state index in [4.69, 9.17) is 0 Å². The molecule has 1 aromatic rings. The summed E-state index contributed by atoms with van der Waals surface area (Å²) in [6.07, 6.45) is 2.89. The molecule has 144 valence electrons. The summed E-state index contributed by atoms with van der Waals surface area (Å²) in [6, 6.07) is 1.90. The van der Waals surface area contributed by atoms with Crippen LogP contribution in [-0.4, -0.2) is 83.7 Å². The summed E-state index contributed by atoms with van der Waals surface area (Å²) < 4.78 is 0. The maximum Gasteiger partial charge on any atom is 0.255 e. The van der Waals surface area contributed by atoms with Crippen LogP contribution in [-0.2, 0) is 6.42 Å². The van der Waals surface area contributed by atoms with Crippen molar-refractivity contribution in [1.82, 2.24) is 24.9 Å². The summed E-state index contributed by atoms with van der Waals surface area (Å²) >= 11 is 0. The van der Waals surface area contributed by atoms with Gasteiger partial charge in [-0.15, -0.1) is 0 Å². The molecule has 6 heteroatoms. The minimum Gasteiger partial charge on any atom is -0.339 e. The summed E-state index contributed by atoms with van der Waals surface area (Å²) in [5, 5.41) is 8.32. The fraction of sp³-hybridized carbons (Fsp3) is 0.750. The molecule has 0 aromatic carbocycles. The number of likely N-dealkylation sites (N-methyl/N-ethyl adjacent to an activating group) is 1. The second-order valence-electron chi connectivity index (χ2n) is 8.38. The fourth-order valence-corrected chi connectivity index (χ4v) is 4.08. The molecule has 0 bridgehead atoms. The second kappa shape index (κ2) is 8.01. The predicted molar refractivity (Wildman–Crippen MR) is 103 cm³/mol. The summed E-state index contributed by atoms with van der Waals surface area (Å²) in [7, 11) is 2.20. The van der Waals surface area contributed by atoms with E-state index in [9.17, 15) is 4.79 Å². The molecular weight excluding hydrogens is 326 g/mol. The number of likely N-dealkylation sites (tertiary alicyclic amines) is 1.